The molecule has 0 bridgehead atoms. The minimum atomic E-state index is -1.23. The van der Waals surface area contributed by atoms with Gasteiger partial charge in [-0.05, 0) is 10.4 Å². The molecular weight excluding hydrogens is 260 g/mol. The smallest absolute Gasteiger partial charge is 0.0750 e. The van der Waals surface area contributed by atoms with Crippen molar-refractivity contribution in [3.8, 4) is 0 Å². The van der Waals surface area contributed by atoms with Crippen LogP contribution in [0.5, 0.6) is 0 Å². The second-order valence-corrected chi connectivity index (χ2v) is 14.4. The molecule has 0 aromatic heterocycles. The Morgan fingerprint density at radius 1 is 0.737 bits per heavy atom. The molecule has 0 fully saturated rings. The van der Waals surface area contributed by atoms with Gasteiger partial charge in [0.15, 0.2) is 0 Å². The highest BCUT2D eigenvalue weighted by Crippen LogP contribution is 2.04. The standard InChI is InChI=1S/C17H22Si2/c1-15(19(2,3)4)18(16-11-7-5-8-12-16)17-13-9-6-10-14-17/h5-14H,1-4H3. The largest absolute Gasteiger partial charge is 0.0943 e. The van der Waals surface area contributed by atoms with Crippen molar-refractivity contribution in [2.75, 3.05) is 0 Å². The summed E-state index contributed by atoms with van der Waals surface area (Å²) in [4.78, 5) is 1.75. The molecule has 0 unspecified atom stereocenters. The molecule has 0 N–H and O–H groups in total. The molecule has 2 heteroatoms. The van der Waals surface area contributed by atoms with Gasteiger partial charge in [-0.25, -0.2) is 0 Å². The molecule has 0 atom stereocenters. The molecule has 0 saturated heterocycles. The Bertz CT molecular complexity index is 522. The quantitative estimate of drug-likeness (QED) is 0.759. The highest BCUT2D eigenvalue weighted by Gasteiger charge is 2.21. The van der Waals surface area contributed by atoms with Crippen LogP contribution < -0.4 is 10.4 Å². The lowest BCUT2D eigenvalue weighted by molar-refractivity contribution is 1.74. The minimum Gasteiger partial charge on any atom is -0.0943 e. The monoisotopic (exact) mass is 282 g/mol. The average molecular weight is 283 g/mol. The van der Waals surface area contributed by atoms with Crippen LogP contribution in [-0.2, 0) is 0 Å². The van der Waals surface area contributed by atoms with Gasteiger partial charge >= 0.3 is 0 Å². The Hall–Kier alpha value is -1.26. The van der Waals surface area contributed by atoms with Crippen LogP contribution in [0, 0.1) is 0 Å². The summed E-state index contributed by atoms with van der Waals surface area (Å²) < 4.78 is 0. The maximum atomic E-state index is 2.46. The van der Waals surface area contributed by atoms with Crippen LogP contribution in [0.4, 0.5) is 0 Å². The summed E-state index contributed by atoms with van der Waals surface area (Å²) in [6, 6.07) is 22.1. The van der Waals surface area contributed by atoms with Gasteiger partial charge in [-0.15, -0.1) is 0 Å². The third-order valence-electron chi connectivity index (χ3n) is 3.62. The van der Waals surface area contributed by atoms with E-state index in [1.54, 1.807) is 4.79 Å². The van der Waals surface area contributed by atoms with Gasteiger partial charge < -0.3 is 0 Å². The Balaban J connectivity index is 2.66. The van der Waals surface area contributed by atoms with E-state index < -0.39 is 16.5 Å². The SMILES string of the molecule is CC(=[Si](c1ccccc1)c1ccccc1)[Si](C)(C)C. The molecule has 98 valence electrons. The molecule has 2 rings (SSSR count). The van der Waals surface area contributed by atoms with Gasteiger partial charge in [0, 0.05) is 0 Å². The van der Waals surface area contributed by atoms with Crippen molar-refractivity contribution < 1.29 is 0 Å². The fourth-order valence-corrected chi connectivity index (χ4v) is 8.30. The van der Waals surface area contributed by atoms with Gasteiger partial charge in [-0.3, -0.25) is 0 Å². The van der Waals surface area contributed by atoms with Crippen molar-refractivity contribution in [1.82, 2.24) is 0 Å². The molecule has 0 heterocycles. The summed E-state index contributed by atoms with van der Waals surface area (Å²) in [5.74, 6) is 0. The van der Waals surface area contributed by atoms with Crippen LogP contribution in [0.15, 0.2) is 60.7 Å². The molecule has 19 heavy (non-hydrogen) atoms. The Kier molecular flexibility index (Phi) is 4.32. The van der Waals surface area contributed by atoms with Gasteiger partial charge in [0.2, 0.25) is 0 Å². The lowest BCUT2D eigenvalue weighted by atomic mass is 10.4. The van der Waals surface area contributed by atoms with Crippen molar-refractivity contribution in [2.24, 2.45) is 0 Å². The minimum absolute atomic E-state index is 0.756. The third kappa shape index (κ3) is 3.39. The van der Waals surface area contributed by atoms with Crippen molar-refractivity contribution in [3.05, 3.63) is 60.7 Å². The molecular formula is C17H22Si2. The van der Waals surface area contributed by atoms with Gasteiger partial charge in [0.25, 0.3) is 0 Å². The van der Waals surface area contributed by atoms with Crippen molar-refractivity contribution in [2.45, 2.75) is 26.6 Å². The van der Waals surface area contributed by atoms with Gasteiger partial charge in [0.1, 0.15) is 0 Å². The van der Waals surface area contributed by atoms with E-state index in [9.17, 15) is 0 Å². The van der Waals surface area contributed by atoms with Crippen molar-refractivity contribution >= 4 is 31.6 Å². The third-order valence-corrected chi connectivity index (χ3v) is 11.4. The van der Waals surface area contributed by atoms with Gasteiger partial charge in [-0.2, -0.15) is 0 Å². The highest BCUT2D eigenvalue weighted by atomic mass is 28.3. The molecule has 0 spiro atoms. The van der Waals surface area contributed by atoms with Crippen molar-refractivity contribution in [3.63, 3.8) is 0 Å². The highest BCUT2D eigenvalue weighted by molar-refractivity contribution is 7.20. The maximum absolute atomic E-state index is 2.46. The zero-order valence-corrected chi connectivity index (χ0v) is 14.3. The molecule has 0 amide bonds. The second kappa shape index (κ2) is 5.80. The summed E-state index contributed by atoms with van der Waals surface area (Å²) in [5.41, 5.74) is 0. The summed E-state index contributed by atoms with van der Waals surface area (Å²) in [7, 11) is -1.98. The van der Waals surface area contributed by atoms with E-state index in [1.165, 1.54) is 10.4 Å². The molecule has 2 aromatic carbocycles. The van der Waals surface area contributed by atoms with E-state index in [2.05, 4.69) is 87.2 Å². The molecule has 0 saturated carbocycles. The van der Waals surface area contributed by atoms with E-state index in [4.69, 9.17) is 0 Å². The van der Waals surface area contributed by atoms with Gasteiger partial charge in [0.05, 0.1) is 16.5 Å². The Labute approximate surface area is 119 Å². The van der Waals surface area contributed by atoms with E-state index in [-0.39, 0.29) is 0 Å². The zero-order chi connectivity index (χ0) is 13.9. The molecule has 0 aliphatic heterocycles. The zero-order valence-electron chi connectivity index (χ0n) is 12.3. The Morgan fingerprint density at radius 2 is 1.11 bits per heavy atom. The fraction of sp³-hybridized carbons (Fsp3) is 0.235. The molecule has 2 aromatic rings. The first-order valence-corrected chi connectivity index (χ1v) is 11.8. The number of hydrogen-bond donors (Lipinski definition) is 0. The molecule has 0 radical (unpaired) electrons. The normalized spacial score (nSPS) is 11.2. The summed E-state index contributed by atoms with van der Waals surface area (Å²) in [6.07, 6.45) is 0. The average Bonchev–Trinajstić information content (AvgIpc) is 2.40. The predicted octanol–water partition coefficient (Wildman–Crippen LogP) is 2.95. The van der Waals surface area contributed by atoms with Crippen LogP contribution in [0.1, 0.15) is 6.92 Å². The molecule has 0 aliphatic rings. The number of benzene rings is 2. The van der Waals surface area contributed by atoms with Gasteiger partial charge in [-0.1, -0.05) is 92.0 Å². The van der Waals surface area contributed by atoms with Crippen LogP contribution in [0.2, 0.25) is 19.6 Å². The summed E-state index contributed by atoms with van der Waals surface area (Å²) >= 11 is 0. The van der Waals surface area contributed by atoms with E-state index >= 15 is 0 Å². The number of rotatable bonds is 3. The van der Waals surface area contributed by atoms with Crippen LogP contribution in [0.3, 0.4) is 0 Å². The second-order valence-electron chi connectivity index (χ2n) is 5.98. The predicted molar refractivity (Wildman–Crippen MR) is 91.9 cm³/mol. The molecule has 0 aliphatic carbocycles. The topological polar surface area (TPSA) is 0 Å². The summed E-state index contributed by atoms with van der Waals surface area (Å²) in [5, 5.41) is 3.03. The first kappa shape index (κ1) is 14.2. The summed E-state index contributed by atoms with van der Waals surface area (Å²) in [6.45, 7) is 9.76. The number of hydrogen-bond acceptors (Lipinski definition) is 0. The molecule has 0 nitrogen and oxygen atoms in total. The maximum Gasteiger partial charge on any atom is 0.0750 e. The Morgan fingerprint density at radius 3 is 1.42 bits per heavy atom. The van der Waals surface area contributed by atoms with E-state index in [0.717, 1.165) is 0 Å². The van der Waals surface area contributed by atoms with Crippen LogP contribution >= 0.6 is 0 Å². The first-order chi connectivity index (χ1) is 9.00. The lowest BCUT2D eigenvalue weighted by Crippen LogP contribution is -2.48. The van der Waals surface area contributed by atoms with E-state index in [1.807, 2.05) is 0 Å². The van der Waals surface area contributed by atoms with Crippen LogP contribution in [0.25, 0.3) is 0 Å². The first-order valence-electron chi connectivity index (χ1n) is 6.82. The van der Waals surface area contributed by atoms with E-state index in [0.29, 0.717) is 0 Å². The fourth-order valence-electron chi connectivity index (χ4n) is 2.18. The van der Waals surface area contributed by atoms with Crippen molar-refractivity contribution in [1.29, 1.82) is 0 Å². The lowest BCUT2D eigenvalue weighted by Gasteiger charge is -2.22. The van der Waals surface area contributed by atoms with Crippen LogP contribution in [-0.4, -0.2) is 21.3 Å².